The Bertz CT molecular complexity index is 1400. The lowest BCUT2D eigenvalue weighted by Crippen LogP contribution is -2.38. The van der Waals surface area contributed by atoms with Crippen molar-refractivity contribution in [2.75, 3.05) is 6.61 Å². The zero-order chi connectivity index (χ0) is 22.7. The molecule has 0 amide bonds. The number of ether oxygens (including phenoxy) is 1. The van der Waals surface area contributed by atoms with Gasteiger partial charge in [0.25, 0.3) is 5.56 Å². The Balaban J connectivity index is 1.89. The number of carbonyl (C=O) groups is 1. The first-order valence-corrected chi connectivity index (χ1v) is 11.0. The number of nitrogens with zero attached hydrogens (tertiary/aromatic N) is 2. The molecule has 1 atom stereocenters. The number of thiazole rings is 1. The summed E-state index contributed by atoms with van der Waals surface area (Å²) in [6, 6.07) is 15.2. The first-order valence-electron chi connectivity index (χ1n) is 10.2. The Morgan fingerprint density at radius 3 is 2.62 bits per heavy atom. The van der Waals surface area contributed by atoms with E-state index in [-0.39, 0.29) is 12.2 Å². The maximum absolute atomic E-state index is 14.2. The van der Waals surface area contributed by atoms with Gasteiger partial charge in [0.2, 0.25) is 0 Å². The van der Waals surface area contributed by atoms with E-state index < -0.39 is 17.8 Å². The molecule has 1 aliphatic heterocycles. The number of benzene rings is 2. The number of allylic oxidation sites excluding steroid dienone is 2. The highest BCUT2D eigenvalue weighted by atomic mass is 32.1. The lowest BCUT2D eigenvalue weighted by Gasteiger charge is -2.21. The van der Waals surface area contributed by atoms with E-state index in [0.717, 1.165) is 16.9 Å². The topological polar surface area (TPSA) is 60.7 Å². The molecule has 0 radical (unpaired) electrons. The number of hydrogen-bond donors (Lipinski definition) is 0. The molecule has 2 aromatic carbocycles. The molecule has 1 aliphatic rings. The van der Waals surface area contributed by atoms with Crippen molar-refractivity contribution in [2.24, 2.45) is 4.99 Å². The Morgan fingerprint density at radius 2 is 1.91 bits per heavy atom. The number of esters is 1. The molecular weight excluding hydrogens is 427 g/mol. The number of halogens is 1. The summed E-state index contributed by atoms with van der Waals surface area (Å²) in [4.78, 5) is 31.0. The van der Waals surface area contributed by atoms with Crippen LogP contribution in [0.25, 0.3) is 12.2 Å². The Morgan fingerprint density at radius 1 is 1.19 bits per heavy atom. The van der Waals surface area contributed by atoms with Crippen LogP contribution in [-0.4, -0.2) is 17.1 Å². The molecule has 0 aliphatic carbocycles. The second-order valence-corrected chi connectivity index (χ2v) is 8.14. The van der Waals surface area contributed by atoms with Crippen LogP contribution < -0.4 is 14.9 Å². The molecule has 2 heterocycles. The van der Waals surface area contributed by atoms with Crippen molar-refractivity contribution in [1.29, 1.82) is 0 Å². The molecule has 0 spiro atoms. The molecule has 1 aromatic heterocycles. The smallest absolute Gasteiger partial charge is 0.338 e. The van der Waals surface area contributed by atoms with Crippen LogP contribution >= 0.6 is 11.3 Å². The number of fused-ring (bicyclic) bond motifs is 1. The van der Waals surface area contributed by atoms with Gasteiger partial charge in [-0.1, -0.05) is 72.0 Å². The molecule has 0 saturated heterocycles. The Kier molecular flexibility index (Phi) is 6.28. The van der Waals surface area contributed by atoms with Gasteiger partial charge in [-0.2, -0.15) is 0 Å². The lowest BCUT2D eigenvalue weighted by molar-refractivity contribution is -0.139. The maximum atomic E-state index is 14.2. The van der Waals surface area contributed by atoms with Gasteiger partial charge in [-0.15, -0.1) is 0 Å². The summed E-state index contributed by atoms with van der Waals surface area (Å²) in [7, 11) is 0. The van der Waals surface area contributed by atoms with Crippen LogP contribution in [0.1, 0.15) is 31.0 Å². The van der Waals surface area contributed by atoms with Gasteiger partial charge in [0.05, 0.1) is 28.5 Å². The largest absolute Gasteiger partial charge is 0.463 e. The van der Waals surface area contributed by atoms with Gasteiger partial charge >= 0.3 is 5.97 Å². The maximum Gasteiger partial charge on any atom is 0.338 e. The fourth-order valence-electron chi connectivity index (χ4n) is 3.52. The third-order valence-corrected chi connectivity index (χ3v) is 6.00. The van der Waals surface area contributed by atoms with Crippen molar-refractivity contribution in [3.05, 3.63) is 109 Å². The van der Waals surface area contributed by atoms with Crippen LogP contribution in [0.15, 0.2) is 81.7 Å². The fraction of sp³-hybridized carbons (Fsp3) is 0.160. The predicted molar refractivity (Wildman–Crippen MR) is 123 cm³/mol. The molecule has 3 aromatic rings. The van der Waals surface area contributed by atoms with Crippen molar-refractivity contribution in [3.8, 4) is 0 Å². The van der Waals surface area contributed by atoms with Gasteiger partial charge in [-0.25, -0.2) is 14.2 Å². The third-order valence-electron chi connectivity index (χ3n) is 5.02. The van der Waals surface area contributed by atoms with Gasteiger partial charge in [-0.3, -0.25) is 9.36 Å². The monoisotopic (exact) mass is 448 g/mol. The summed E-state index contributed by atoms with van der Waals surface area (Å²) < 4.78 is 21.2. The van der Waals surface area contributed by atoms with Gasteiger partial charge in [0, 0.05) is 5.56 Å². The third kappa shape index (κ3) is 4.24. The quantitative estimate of drug-likeness (QED) is 0.561. The summed E-state index contributed by atoms with van der Waals surface area (Å²) >= 11 is 1.16. The zero-order valence-corrected chi connectivity index (χ0v) is 18.4. The summed E-state index contributed by atoms with van der Waals surface area (Å²) in [6.45, 7) is 3.66. The van der Waals surface area contributed by atoms with Crippen LogP contribution in [-0.2, 0) is 9.53 Å². The fourth-order valence-corrected chi connectivity index (χ4v) is 4.56. The van der Waals surface area contributed by atoms with Gasteiger partial charge < -0.3 is 4.74 Å². The molecule has 1 unspecified atom stereocenters. The van der Waals surface area contributed by atoms with E-state index >= 15 is 0 Å². The van der Waals surface area contributed by atoms with Crippen LogP contribution in [0.2, 0.25) is 0 Å². The van der Waals surface area contributed by atoms with E-state index in [4.69, 9.17) is 4.74 Å². The normalized spacial score (nSPS) is 16.2. The summed E-state index contributed by atoms with van der Waals surface area (Å²) in [5.41, 5.74) is 1.71. The van der Waals surface area contributed by atoms with E-state index in [2.05, 4.69) is 4.99 Å². The molecule has 0 N–H and O–H groups in total. The summed E-state index contributed by atoms with van der Waals surface area (Å²) in [6.07, 6.45) is 5.17. The Hall–Kier alpha value is -3.58. The molecule has 162 valence electrons. The van der Waals surface area contributed by atoms with Crippen LogP contribution in [0.5, 0.6) is 0 Å². The molecule has 5 nitrogen and oxygen atoms in total. The van der Waals surface area contributed by atoms with Crippen molar-refractivity contribution in [3.63, 3.8) is 0 Å². The molecule has 4 rings (SSSR count). The van der Waals surface area contributed by atoms with E-state index in [1.54, 1.807) is 38.1 Å². The standard InChI is InChI=1S/C25H21FN2O3S/c1-3-31-24(30)22-16(2)27-25-28(20(22)14-13-17-9-5-4-6-10-17)23(29)21(32-25)15-18-11-7-8-12-19(18)26/h4-15,20H,3H2,1-2H3/b14-13+,21-15?. The lowest BCUT2D eigenvalue weighted by atomic mass is 10.0. The van der Waals surface area contributed by atoms with Crippen molar-refractivity contribution in [1.82, 2.24) is 4.57 Å². The average molecular weight is 449 g/mol. The highest BCUT2D eigenvalue weighted by Crippen LogP contribution is 2.26. The van der Waals surface area contributed by atoms with Crippen molar-refractivity contribution < 1.29 is 13.9 Å². The summed E-state index contributed by atoms with van der Waals surface area (Å²) in [5.74, 6) is -0.929. The minimum Gasteiger partial charge on any atom is -0.463 e. The van der Waals surface area contributed by atoms with E-state index in [0.29, 0.717) is 26.2 Å². The summed E-state index contributed by atoms with van der Waals surface area (Å²) in [5, 5.41) is 0. The number of aromatic nitrogens is 1. The van der Waals surface area contributed by atoms with E-state index in [9.17, 15) is 14.0 Å². The van der Waals surface area contributed by atoms with Crippen LogP contribution in [0.4, 0.5) is 4.39 Å². The van der Waals surface area contributed by atoms with E-state index in [1.165, 1.54) is 16.7 Å². The van der Waals surface area contributed by atoms with E-state index in [1.807, 2.05) is 36.4 Å². The van der Waals surface area contributed by atoms with Gasteiger partial charge in [-0.05, 0) is 31.6 Å². The molecule has 32 heavy (non-hydrogen) atoms. The second kappa shape index (κ2) is 9.28. The molecular formula is C25H21FN2O3S. The first-order chi connectivity index (χ1) is 15.5. The number of rotatable bonds is 5. The minimum atomic E-state index is -0.687. The highest BCUT2D eigenvalue weighted by molar-refractivity contribution is 7.07. The zero-order valence-electron chi connectivity index (χ0n) is 17.6. The Labute approximate surface area is 188 Å². The highest BCUT2D eigenvalue weighted by Gasteiger charge is 2.30. The van der Waals surface area contributed by atoms with Gasteiger partial charge in [0.1, 0.15) is 5.82 Å². The van der Waals surface area contributed by atoms with Crippen molar-refractivity contribution >= 4 is 29.5 Å². The predicted octanol–water partition coefficient (Wildman–Crippen LogP) is 3.60. The molecule has 0 fully saturated rings. The van der Waals surface area contributed by atoms with Gasteiger partial charge in [0.15, 0.2) is 4.80 Å². The van der Waals surface area contributed by atoms with Crippen LogP contribution in [0.3, 0.4) is 0 Å². The number of hydrogen-bond acceptors (Lipinski definition) is 5. The molecule has 0 saturated carbocycles. The molecule has 0 bridgehead atoms. The second-order valence-electron chi connectivity index (χ2n) is 7.14. The van der Waals surface area contributed by atoms with Crippen LogP contribution in [0, 0.1) is 5.82 Å². The first kappa shape index (κ1) is 21.6. The minimum absolute atomic E-state index is 0.211. The number of carbonyl (C=O) groups excluding carboxylic acids is 1. The molecule has 7 heteroatoms. The average Bonchev–Trinajstić information content (AvgIpc) is 3.09. The SMILES string of the molecule is CCOC(=O)C1=C(C)N=c2sc(=Cc3ccccc3F)c(=O)n2C1/C=C/c1ccccc1. The van der Waals surface area contributed by atoms with Crippen molar-refractivity contribution in [2.45, 2.75) is 19.9 Å².